The van der Waals surface area contributed by atoms with E-state index in [1.54, 1.807) is 0 Å². The number of carbonyl (C=O) groups is 1. The summed E-state index contributed by atoms with van der Waals surface area (Å²) >= 11 is 0. The Balaban J connectivity index is 2.90. The summed E-state index contributed by atoms with van der Waals surface area (Å²) in [5, 5.41) is 1.35. The normalized spacial score (nSPS) is 12.2. The molecule has 0 heterocycles. The van der Waals surface area contributed by atoms with E-state index in [2.05, 4.69) is 48.7 Å². The van der Waals surface area contributed by atoms with Gasteiger partial charge in [0.25, 0.3) is 0 Å². The van der Waals surface area contributed by atoms with Gasteiger partial charge in [0.15, 0.2) is 0 Å². The molecule has 0 amide bonds. The average Bonchev–Trinajstić information content (AvgIpc) is 2.36. The molecule has 0 bridgehead atoms. The number of hydrogen-bond acceptors (Lipinski definition) is 2. The summed E-state index contributed by atoms with van der Waals surface area (Å²) in [5.74, 6) is 5.08. The second-order valence-electron chi connectivity index (χ2n) is 4.57. The van der Waals surface area contributed by atoms with Gasteiger partial charge in [-0.2, -0.15) is 0 Å². The van der Waals surface area contributed by atoms with Gasteiger partial charge in [-0.05, 0) is 0 Å². The minimum Gasteiger partial charge on any atom is -0.459 e. The monoisotopic (exact) mass is 246 g/mol. The van der Waals surface area contributed by atoms with Crippen LogP contribution in [-0.4, -0.2) is 21.2 Å². The zero-order valence-corrected chi connectivity index (χ0v) is 11.8. The Morgan fingerprint density at radius 1 is 1.29 bits per heavy atom. The van der Waals surface area contributed by atoms with Crippen molar-refractivity contribution in [3.8, 4) is 11.8 Å². The first-order chi connectivity index (χ1) is 7.98. The van der Waals surface area contributed by atoms with Crippen LogP contribution in [0.2, 0.25) is 18.6 Å². The van der Waals surface area contributed by atoms with E-state index < -0.39 is 14.0 Å². The van der Waals surface area contributed by atoms with Crippen molar-refractivity contribution in [3.05, 3.63) is 30.3 Å². The van der Waals surface area contributed by atoms with Gasteiger partial charge in [-0.15, -0.1) is 0 Å². The maximum atomic E-state index is 11.0. The van der Waals surface area contributed by atoms with Gasteiger partial charge in [0.1, 0.15) is 0 Å². The van der Waals surface area contributed by atoms with Crippen LogP contribution < -0.4 is 5.19 Å². The van der Waals surface area contributed by atoms with Crippen LogP contribution in [0, 0.1) is 11.8 Å². The topological polar surface area (TPSA) is 26.3 Å². The molecule has 0 aromatic heterocycles. The first-order valence-corrected chi connectivity index (χ1v) is 8.71. The van der Waals surface area contributed by atoms with E-state index in [1.807, 2.05) is 18.2 Å². The Bertz CT molecular complexity index is 440. The summed E-state index contributed by atoms with van der Waals surface area (Å²) < 4.78 is 4.52. The Hall–Kier alpha value is -1.53. The molecule has 1 rings (SSSR count). The minimum atomic E-state index is -1.64. The van der Waals surface area contributed by atoms with Gasteiger partial charge in [0, 0.05) is 11.5 Å². The molecule has 1 atom stereocenters. The van der Waals surface area contributed by atoms with Crippen molar-refractivity contribution in [2.45, 2.75) is 25.6 Å². The van der Waals surface area contributed by atoms with Crippen LogP contribution in [0.1, 0.15) is 6.92 Å². The van der Waals surface area contributed by atoms with Crippen LogP contribution in [0.3, 0.4) is 0 Å². The number of hydrogen-bond donors (Lipinski definition) is 0. The Morgan fingerprint density at radius 2 is 1.88 bits per heavy atom. The molecule has 0 aliphatic heterocycles. The van der Waals surface area contributed by atoms with Gasteiger partial charge in [-0.1, -0.05) is 61.5 Å². The van der Waals surface area contributed by atoms with Crippen LogP contribution in [0.15, 0.2) is 30.3 Å². The SMILES string of the molecule is COC(=O)C#CC(C)[Si](C)(C)c1ccccc1. The standard InChI is InChI=1S/C14H18O2Si/c1-12(10-11-14(15)16-2)17(3,4)13-8-6-5-7-9-13/h5-9,12H,1-4H3. The zero-order valence-electron chi connectivity index (χ0n) is 10.8. The molecule has 2 nitrogen and oxygen atoms in total. The van der Waals surface area contributed by atoms with Crippen molar-refractivity contribution in [2.75, 3.05) is 7.11 Å². The molecule has 0 aliphatic carbocycles. The summed E-state index contributed by atoms with van der Waals surface area (Å²) in [5.41, 5.74) is 0.212. The van der Waals surface area contributed by atoms with Crippen LogP contribution >= 0.6 is 0 Å². The smallest absolute Gasteiger partial charge is 0.384 e. The molecule has 1 aromatic carbocycles. The summed E-state index contributed by atoms with van der Waals surface area (Å²) in [6.45, 7) is 6.60. The molecule has 0 saturated carbocycles. The molecule has 0 N–H and O–H groups in total. The molecule has 0 spiro atoms. The van der Waals surface area contributed by atoms with Gasteiger partial charge in [-0.3, -0.25) is 0 Å². The molecule has 17 heavy (non-hydrogen) atoms. The summed E-state index contributed by atoms with van der Waals surface area (Å²) in [7, 11) is -0.295. The first-order valence-electron chi connectivity index (χ1n) is 5.63. The van der Waals surface area contributed by atoms with Crippen molar-refractivity contribution >= 4 is 19.2 Å². The highest BCUT2D eigenvalue weighted by Crippen LogP contribution is 2.20. The van der Waals surface area contributed by atoms with E-state index in [0.29, 0.717) is 0 Å². The lowest BCUT2D eigenvalue weighted by Gasteiger charge is -2.26. The van der Waals surface area contributed by atoms with Gasteiger partial charge in [0.2, 0.25) is 0 Å². The van der Waals surface area contributed by atoms with Crippen LogP contribution in [0.4, 0.5) is 0 Å². The number of esters is 1. The fourth-order valence-corrected chi connectivity index (χ4v) is 3.50. The number of rotatable bonds is 2. The third kappa shape index (κ3) is 3.47. The molecule has 0 fully saturated rings. The summed E-state index contributed by atoms with van der Waals surface area (Å²) in [6.07, 6.45) is 0. The zero-order chi connectivity index (χ0) is 12.9. The highest BCUT2D eigenvalue weighted by molar-refractivity contribution is 6.91. The van der Waals surface area contributed by atoms with Crippen molar-refractivity contribution < 1.29 is 9.53 Å². The van der Waals surface area contributed by atoms with E-state index in [0.717, 1.165) is 0 Å². The maximum absolute atomic E-state index is 11.0. The predicted octanol–water partition coefficient (Wildman–Crippen LogP) is 2.17. The molecule has 0 radical (unpaired) electrons. The molecule has 1 unspecified atom stereocenters. The number of ether oxygens (including phenoxy) is 1. The number of carbonyl (C=O) groups excluding carboxylic acids is 1. The largest absolute Gasteiger partial charge is 0.459 e. The number of benzene rings is 1. The average molecular weight is 246 g/mol. The van der Waals surface area contributed by atoms with Crippen molar-refractivity contribution in [3.63, 3.8) is 0 Å². The van der Waals surface area contributed by atoms with E-state index in [9.17, 15) is 4.79 Å². The Kier molecular flexibility index (Phi) is 4.53. The molecular formula is C14H18O2Si. The molecule has 0 saturated heterocycles. The van der Waals surface area contributed by atoms with Crippen LogP contribution in [-0.2, 0) is 9.53 Å². The van der Waals surface area contributed by atoms with Crippen molar-refractivity contribution in [1.82, 2.24) is 0 Å². The van der Waals surface area contributed by atoms with Gasteiger partial charge >= 0.3 is 5.97 Å². The summed E-state index contributed by atoms with van der Waals surface area (Å²) in [6, 6.07) is 10.4. The Labute approximate surface area is 104 Å². The third-order valence-corrected chi connectivity index (χ3v) is 7.31. The first kappa shape index (κ1) is 13.5. The second-order valence-corrected chi connectivity index (χ2v) is 9.46. The summed E-state index contributed by atoms with van der Waals surface area (Å²) in [4.78, 5) is 11.0. The lowest BCUT2D eigenvalue weighted by Crippen LogP contribution is -2.44. The lowest BCUT2D eigenvalue weighted by molar-refractivity contribution is -0.133. The van der Waals surface area contributed by atoms with E-state index in [4.69, 9.17) is 0 Å². The van der Waals surface area contributed by atoms with Crippen molar-refractivity contribution in [2.24, 2.45) is 0 Å². The van der Waals surface area contributed by atoms with Crippen LogP contribution in [0.25, 0.3) is 0 Å². The van der Waals surface area contributed by atoms with Gasteiger partial charge in [0.05, 0.1) is 15.2 Å². The molecule has 0 aliphatic rings. The highest BCUT2D eigenvalue weighted by Gasteiger charge is 2.29. The Morgan fingerprint density at radius 3 is 2.41 bits per heavy atom. The fourth-order valence-electron chi connectivity index (χ4n) is 1.52. The molecule has 90 valence electrons. The van der Waals surface area contributed by atoms with E-state index in [-0.39, 0.29) is 5.54 Å². The maximum Gasteiger partial charge on any atom is 0.384 e. The molecular weight excluding hydrogens is 228 g/mol. The number of methoxy groups -OCH3 is 1. The predicted molar refractivity (Wildman–Crippen MR) is 72.8 cm³/mol. The quantitative estimate of drug-likeness (QED) is 0.346. The highest BCUT2D eigenvalue weighted by atomic mass is 28.3. The lowest BCUT2D eigenvalue weighted by atomic mass is 10.4. The molecule has 1 aromatic rings. The van der Waals surface area contributed by atoms with Gasteiger partial charge in [-0.25, -0.2) is 4.79 Å². The third-order valence-electron chi connectivity index (χ3n) is 3.18. The molecule has 3 heteroatoms. The van der Waals surface area contributed by atoms with Gasteiger partial charge < -0.3 is 4.74 Å². The fraction of sp³-hybridized carbons (Fsp3) is 0.357. The van der Waals surface area contributed by atoms with E-state index in [1.165, 1.54) is 12.3 Å². The van der Waals surface area contributed by atoms with Crippen LogP contribution in [0.5, 0.6) is 0 Å². The second kappa shape index (κ2) is 5.69. The minimum absolute atomic E-state index is 0.212. The van der Waals surface area contributed by atoms with Crippen molar-refractivity contribution in [1.29, 1.82) is 0 Å². The van der Waals surface area contributed by atoms with E-state index >= 15 is 0 Å².